The van der Waals surface area contributed by atoms with Gasteiger partial charge in [-0.25, -0.2) is 4.79 Å². The number of thiocarbonyl (C=S) groups is 1. The summed E-state index contributed by atoms with van der Waals surface area (Å²) in [6.07, 6.45) is 5.78. The molecule has 0 radical (unpaired) electrons. The lowest BCUT2D eigenvalue weighted by Crippen LogP contribution is -2.44. The van der Waals surface area contributed by atoms with Gasteiger partial charge in [-0.2, -0.15) is 11.8 Å². The van der Waals surface area contributed by atoms with Crippen LogP contribution in [0.5, 0.6) is 5.75 Å². The third kappa shape index (κ3) is 4.23. The highest BCUT2D eigenvalue weighted by atomic mass is 32.2. The minimum Gasteiger partial charge on any atom is -0.485 e. The molecule has 5 nitrogen and oxygen atoms in total. The molecule has 0 bridgehead atoms. The largest absolute Gasteiger partial charge is 0.485 e. The Hall–Kier alpha value is -1.77. The Morgan fingerprint density at radius 2 is 2.22 bits per heavy atom. The minimum atomic E-state index is -1.04. The predicted molar refractivity (Wildman–Crippen MR) is 114 cm³/mol. The number of carboxylic acids is 1. The number of para-hydroxylation sites is 1. The molecule has 0 aromatic heterocycles. The number of carboxylic acid groups (broad SMARTS) is 1. The average molecular weight is 422 g/mol. The molecule has 8 heteroatoms. The standard InChI is InChI=1S/C19H19NO4S3/c1-11-13(9-12-5-3-4-6-15(12)24-11)10-16-17(21)20(19(25)27-16)14(18(22)23)7-8-26-2/h3-6,9-11,14H,7-8H2,1-2H3,(H,22,23)/b16-10-/t11-,14-/m1/s1. The predicted octanol–water partition coefficient (Wildman–Crippen LogP) is 3.80. The molecular formula is C19H19NO4S3. The van der Waals surface area contributed by atoms with E-state index in [9.17, 15) is 14.7 Å². The third-order valence-corrected chi connectivity index (χ3v) is 6.30. The molecular weight excluding hydrogens is 402 g/mol. The fraction of sp³-hybridized carbons (Fsp3) is 0.316. The minimum absolute atomic E-state index is 0.213. The number of benzene rings is 1. The molecule has 0 spiro atoms. The number of fused-ring (bicyclic) bond motifs is 1. The summed E-state index contributed by atoms with van der Waals surface area (Å²) in [5, 5.41) is 9.53. The maximum absolute atomic E-state index is 12.9. The molecule has 1 aromatic rings. The zero-order valence-corrected chi connectivity index (χ0v) is 17.3. The van der Waals surface area contributed by atoms with Crippen molar-refractivity contribution in [2.24, 2.45) is 0 Å². The quantitative estimate of drug-likeness (QED) is 0.553. The molecule has 2 heterocycles. The van der Waals surface area contributed by atoms with Gasteiger partial charge in [0.25, 0.3) is 5.91 Å². The van der Waals surface area contributed by atoms with Crippen LogP contribution in [0, 0.1) is 0 Å². The van der Waals surface area contributed by atoms with Crippen LogP contribution in [0.3, 0.4) is 0 Å². The van der Waals surface area contributed by atoms with E-state index in [0.29, 0.717) is 17.1 Å². The Morgan fingerprint density at radius 1 is 1.48 bits per heavy atom. The SMILES string of the molecule is CSCC[C@H](C(=O)O)N1C(=O)/C(=C/C2=Cc3ccccc3O[C@@H]2C)SC1=S. The van der Waals surface area contributed by atoms with Crippen LogP contribution in [0.25, 0.3) is 6.08 Å². The van der Waals surface area contributed by atoms with Crippen LogP contribution in [0.1, 0.15) is 18.9 Å². The molecule has 142 valence electrons. The first kappa shape index (κ1) is 20.0. The smallest absolute Gasteiger partial charge is 0.326 e. The van der Waals surface area contributed by atoms with Crippen molar-refractivity contribution >= 4 is 58.0 Å². The highest BCUT2D eigenvalue weighted by Gasteiger charge is 2.40. The second kappa shape index (κ2) is 8.50. The fourth-order valence-electron chi connectivity index (χ4n) is 2.91. The average Bonchev–Trinajstić information content (AvgIpc) is 2.90. The van der Waals surface area contributed by atoms with Gasteiger partial charge in [0.15, 0.2) is 0 Å². The first-order chi connectivity index (χ1) is 12.9. The molecule has 2 aliphatic rings. The Labute approximate surface area is 171 Å². The molecule has 0 saturated carbocycles. The number of rotatable bonds is 6. The van der Waals surface area contributed by atoms with Gasteiger partial charge in [-0.1, -0.05) is 42.2 Å². The zero-order chi connectivity index (χ0) is 19.6. The van der Waals surface area contributed by atoms with Crippen molar-refractivity contribution in [2.45, 2.75) is 25.5 Å². The van der Waals surface area contributed by atoms with E-state index in [0.717, 1.165) is 28.6 Å². The van der Waals surface area contributed by atoms with Crippen LogP contribution in [-0.4, -0.2) is 50.4 Å². The van der Waals surface area contributed by atoms with E-state index < -0.39 is 12.0 Å². The van der Waals surface area contributed by atoms with Crippen LogP contribution >= 0.6 is 35.7 Å². The van der Waals surface area contributed by atoms with Crippen LogP contribution in [0.15, 0.2) is 40.8 Å². The van der Waals surface area contributed by atoms with E-state index in [1.54, 1.807) is 17.8 Å². The van der Waals surface area contributed by atoms with E-state index in [4.69, 9.17) is 17.0 Å². The van der Waals surface area contributed by atoms with Gasteiger partial charge in [0.2, 0.25) is 0 Å². The molecule has 2 aliphatic heterocycles. The second-order valence-electron chi connectivity index (χ2n) is 6.13. The van der Waals surface area contributed by atoms with Crippen molar-refractivity contribution in [2.75, 3.05) is 12.0 Å². The number of hydrogen-bond acceptors (Lipinski definition) is 6. The third-order valence-electron chi connectivity index (χ3n) is 4.33. The van der Waals surface area contributed by atoms with Gasteiger partial charge in [0.05, 0.1) is 4.91 Å². The highest BCUT2D eigenvalue weighted by Crippen LogP contribution is 2.37. The molecule has 0 unspecified atom stereocenters. The summed E-state index contributed by atoms with van der Waals surface area (Å²) < 4.78 is 6.19. The Morgan fingerprint density at radius 3 is 2.93 bits per heavy atom. The lowest BCUT2D eigenvalue weighted by molar-refractivity contribution is -0.145. The first-order valence-corrected chi connectivity index (χ1v) is 11.0. The number of carbonyl (C=O) groups is 2. The number of ether oxygens (including phenoxy) is 1. The van der Waals surface area contributed by atoms with Gasteiger partial charge in [-0.15, -0.1) is 0 Å². The van der Waals surface area contributed by atoms with Gasteiger partial charge in [0.1, 0.15) is 22.2 Å². The zero-order valence-electron chi connectivity index (χ0n) is 14.9. The first-order valence-electron chi connectivity index (χ1n) is 8.38. The van der Waals surface area contributed by atoms with Crippen molar-refractivity contribution in [3.63, 3.8) is 0 Å². The lowest BCUT2D eigenvalue weighted by Gasteiger charge is -2.23. The van der Waals surface area contributed by atoms with Crippen LogP contribution in [-0.2, 0) is 9.59 Å². The molecule has 1 fully saturated rings. The molecule has 1 N–H and O–H groups in total. The number of thioether (sulfide) groups is 2. The summed E-state index contributed by atoms with van der Waals surface area (Å²) >= 11 is 7.99. The normalized spacial score (nSPS) is 21.7. The van der Waals surface area contributed by atoms with Crippen molar-refractivity contribution in [1.29, 1.82) is 0 Å². The number of nitrogens with zero attached hydrogens (tertiary/aromatic N) is 1. The summed E-state index contributed by atoms with van der Waals surface area (Å²) in [5.74, 6) is 0.0483. The number of aliphatic carboxylic acids is 1. The molecule has 1 aromatic carbocycles. The molecule has 1 saturated heterocycles. The van der Waals surface area contributed by atoms with E-state index in [-0.39, 0.29) is 16.3 Å². The fourth-order valence-corrected chi connectivity index (χ4v) is 4.73. The topological polar surface area (TPSA) is 66.8 Å². The van der Waals surface area contributed by atoms with Crippen LogP contribution < -0.4 is 4.74 Å². The van der Waals surface area contributed by atoms with Crippen LogP contribution in [0.4, 0.5) is 0 Å². The lowest BCUT2D eigenvalue weighted by atomic mass is 10.0. The van der Waals surface area contributed by atoms with Gasteiger partial charge in [-0.3, -0.25) is 9.69 Å². The number of hydrogen-bond donors (Lipinski definition) is 1. The second-order valence-corrected chi connectivity index (χ2v) is 8.79. The van der Waals surface area contributed by atoms with E-state index in [1.165, 1.54) is 4.90 Å². The maximum Gasteiger partial charge on any atom is 0.326 e. The Bertz CT molecular complexity index is 849. The van der Waals surface area contributed by atoms with Crippen molar-refractivity contribution in [3.8, 4) is 5.75 Å². The summed E-state index contributed by atoms with van der Waals surface area (Å²) in [5.41, 5.74) is 1.80. The van der Waals surface area contributed by atoms with E-state index >= 15 is 0 Å². The van der Waals surface area contributed by atoms with Crippen LogP contribution in [0.2, 0.25) is 0 Å². The number of carbonyl (C=O) groups excluding carboxylic acids is 1. The maximum atomic E-state index is 12.9. The molecule has 1 amide bonds. The van der Waals surface area contributed by atoms with Gasteiger partial charge in [0, 0.05) is 5.56 Å². The van der Waals surface area contributed by atoms with Crippen molar-refractivity contribution < 1.29 is 19.4 Å². The van der Waals surface area contributed by atoms with Gasteiger partial charge >= 0.3 is 5.97 Å². The Kier molecular flexibility index (Phi) is 6.29. The van der Waals surface area contributed by atoms with Gasteiger partial charge in [-0.05, 0) is 49.1 Å². The molecule has 3 rings (SSSR count). The summed E-state index contributed by atoms with van der Waals surface area (Å²) in [7, 11) is 0. The highest BCUT2D eigenvalue weighted by molar-refractivity contribution is 8.26. The Balaban J connectivity index is 1.88. The summed E-state index contributed by atoms with van der Waals surface area (Å²) in [6, 6.07) is 6.75. The van der Waals surface area contributed by atoms with E-state index in [1.807, 2.05) is 43.5 Å². The van der Waals surface area contributed by atoms with E-state index in [2.05, 4.69) is 0 Å². The molecule has 2 atom stereocenters. The molecule has 27 heavy (non-hydrogen) atoms. The number of amides is 1. The van der Waals surface area contributed by atoms with Crippen molar-refractivity contribution in [3.05, 3.63) is 46.4 Å². The van der Waals surface area contributed by atoms with Crippen molar-refractivity contribution in [1.82, 2.24) is 4.90 Å². The van der Waals surface area contributed by atoms with Gasteiger partial charge < -0.3 is 9.84 Å². The summed E-state index contributed by atoms with van der Waals surface area (Å²) in [6.45, 7) is 1.91. The summed E-state index contributed by atoms with van der Waals surface area (Å²) in [4.78, 5) is 26.2. The molecule has 0 aliphatic carbocycles. The monoisotopic (exact) mass is 421 g/mol.